The number of halogens is 1. The van der Waals surface area contributed by atoms with E-state index in [1.165, 1.54) is 7.11 Å². The molecule has 0 unspecified atom stereocenters. The predicted molar refractivity (Wildman–Crippen MR) is 73.9 cm³/mol. The number of methoxy groups -OCH3 is 1. The molecule has 2 rings (SSSR count). The van der Waals surface area contributed by atoms with Crippen molar-refractivity contribution >= 4 is 17.6 Å². The summed E-state index contributed by atoms with van der Waals surface area (Å²) in [7, 11) is 1.35. The maximum Gasteiger partial charge on any atom is 0.358 e. The Morgan fingerprint density at radius 3 is 2.63 bits per heavy atom. The smallest absolute Gasteiger partial charge is 0.358 e. The van der Waals surface area contributed by atoms with E-state index < -0.39 is 5.97 Å². The van der Waals surface area contributed by atoms with Gasteiger partial charge >= 0.3 is 5.97 Å². The molecule has 5 heteroatoms. The molecule has 0 aliphatic rings. The summed E-state index contributed by atoms with van der Waals surface area (Å²) in [5.74, 6) is -0.426. The van der Waals surface area contributed by atoms with Gasteiger partial charge in [-0.3, -0.25) is 0 Å². The molecule has 0 N–H and O–H groups in total. The Morgan fingerprint density at radius 2 is 2.05 bits per heavy atom. The van der Waals surface area contributed by atoms with Crippen molar-refractivity contribution in [3.05, 3.63) is 46.7 Å². The van der Waals surface area contributed by atoms with Crippen molar-refractivity contribution < 1.29 is 9.53 Å². The van der Waals surface area contributed by atoms with Crippen LogP contribution in [-0.4, -0.2) is 22.9 Å². The van der Waals surface area contributed by atoms with Gasteiger partial charge in [0.05, 0.1) is 12.8 Å². The third kappa shape index (κ3) is 2.96. The first-order valence-electron chi connectivity index (χ1n) is 6.09. The van der Waals surface area contributed by atoms with Gasteiger partial charge in [0, 0.05) is 10.7 Å². The fraction of sp³-hybridized carbons (Fsp3) is 0.286. The van der Waals surface area contributed by atoms with Crippen LogP contribution in [0.25, 0.3) is 5.69 Å². The van der Waals surface area contributed by atoms with Gasteiger partial charge in [0.15, 0.2) is 5.69 Å². The number of aryl methyl sites for hydroxylation is 1. The van der Waals surface area contributed by atoms with Crippen LogP contribution in [0.1, 0.15) is 29.5 Å². The highest BCUT2D eigenvalue weighted by Crippen LogP contribution is 2.17. The lowest BCUT2D eigenvalue weighted by molar-refractivity contribution is 0.0593. The van der Waals surface area contributed by atoms with Crippen molar-refractivity contribution in [2.24, 2.45) is 0 Å². The Bertz CT molecular complexity index is 576. The molecule has 19 heavy (non-hydrogen) atoms. The van der Waals surface area contributed by atoms with E-state index in [1.807, 2.05) is 12.1 Å². The minimum absolute atomic E-state index is 0.320. The van der Waals surface area contributed by atoms with Gasteiger partial charge in [-0.05, 0) is 36.8 Å². The lowest BCUT2D eigenvalue weighted by atomic mass is 10.2. The Kier molecular flexibility index (Phi) is 4.22. The quantitative estimate of drug-likeness (QED) is 0.806. The molecule has 0 saturated heterocycles. The summed E-state index contributed by atoms with van der Waals surface area (Å²) < 4.78 is 6.46. The first-order valence-corrected chi connectivity index (χ1v) is 6.46. The fourth-order valence-corrected chi connectivity index (χ4v) is 1.99. The molecule has 0 atom stereocenters. The molecule has 100 valence electrons. The highest BCUT2D eigenvalue weighted by molar-refractivity contribution is 6.30. The van der Waals surface area contributed by atoms with Crippen molar-refractivity contribution in [3.63, 3.8) is 0 Å². The Morgan fingerprint density at radius 1 is 1.37 bits per heavy atom. The van der Waals surface area contributed by atoms with E-state index >= 15 is 0 Å². The molecule has 1 aromatic heterocycles. The molecule has 0 amide bonds. The normalized spacial score (nSPS) is 10.5. The molecule has 1 heterocycles. The summed E-state index contributed by atoms with van der Waals surface area (Å²) in [4.78, 5) is 11.5. The number of esters is 1. The lowest BCUT2D eigenvalue weighted by Gasteiger charge is -2.06. The van der Waals surface area contributed by atoms with Crippen LogP contribution in [0.2, 0.25) is 5.02 Å². The second kappa shape index (κ2) is 5.89. The molecular weight excluding hydrogens is 264 g/mol. The van der Waals surface area contributed by atoms with E-state index in [1.54, 1.807) is 22.9 Å². The van der Waals surface area contributed by atoms with Crippen LogP contribution in [-0.2, 0) is 11.2 Å². The minimum atomic E-state index is -0.426. The van der Waals surface area contributed by atoms with Gasteiger partial charge in [0.25, 0.3) is 0 Å². The predicted octanol–water partition coefficient (Wildman–Crippen LogP) is 3.26. The van der Waals surface area contributed by atoms with Crippen LogP contribution in [0.3, 0.4) is 0 Å². The van der Waals surface area contributed by atoms with Gasteiger partial charge in [-0.25, -0.2) is 9.48 Å². The van der Waals surface area contributed by atoms with Crippen molar-refractivity contribution in [1.82, 2.24) is 9.78 Å². The summed E-state index contributed by atoms with van der Waals surface area (Å²) >= 11 is 5.87. The third-order valence-electron chi connectivity index (χ3n) is 2.75. The number of hydrogen-bond acceptors (Lipinski definition) is 3. The lowest BCUT2D eigenvalue weighted by Crippen LogP contribution is -2.05. The number of hydrogen-bond donors (Lipinski definition) is 0. The number of nitrogens with zero attached hydrogens (tertiary/aromatic N) is 2. The molecule has 2 aromatic rings. The first-order chi connectivity index (χ1) is 9.15. The largest absolute Gasteiger partial charge is 0.464 e. The van der Waals surface area contributed by atoms with Gasteiger partial charge in [-0.15, -0.1) is 0 Å². The number of rotatable bonds is 4. The minimum Gasteiger partial charge on any atom is -0.464 e. The summed E-state index contributed by atoms with van der Waals surface area (Å²) in [6.07, 6.45) is 1.81. The van der Waals surface area contributed by atoms with E-state index in [0.29, 0.717) is 10.7 Å². The number of benzene rings is 1. The van der Waals surface area contributed by atoms with E-state index in [2.05, 4.69) is 12.0 Å². The van der Waals surface area contributed by atoms with Gasteiger partial charge in [-0.1, -0.05) is 24.9 Å². The molecule has 0 bridgehead atoms. The molecule has 0 spiro atoms. The molecule has 1 aromatic carbocycles. The number of ether oxygens (including phenoxy) is 1. The average Bonchev–Trinajstić information content (AvgIpc) is 2.83. The topological polar surface area (TPSA) is 44.1 Å². The van der Waals surface area contributed by atoms with Crippen molar-refractivity contribution in [3.8, 4) is 5.69 Å². The second-order valence-electron chi connectivity index (χ2n) is 4.15. The molecular formula is C14H15ClN2O2. The Hall–Kier alpha value is -1.81. The van der Waals surface area contributed by atoms with Gasteiger partial charge in [0.2, 0.25) is 0 Å². The molecule has 4 nitrogen and oxygen atoms in total. The number of carbonyl (C=O) groups is 1. The van der Waals surface area contributed by atoms with E-state index in [0.717, 1.165) is 24.2 Å². The fourth-order valence-electron chi connectivity index (χ4n) is 1.86. The summed E-state index contributed by atoms with van der Waals surface area (Å²) in [6.45, 7) is 2.08. The third-order valence-corrected chi connectivity index (χ3v) is 3.01. The van der Waals surface area contributed by atoms with Gasteiger partial charge < -0.3 is 4.74 Å². The van der Waals surface area contributed by atoms with E-state index in [9.17, 15) is 4.79 Å². The summed E-state index contributed by atoms with van der Waals surface area (Å²) in [5.41, 5.74) is 2.18. The highest BCUT2D eigenvalue weighted by Gasteiger charge is 2.15. The molecule has 0 aliphatic carbocycles. The van der Waals surface area contributed by atoms with E-state index in [-0.39, 0.29) is 0 Å². The number of aromatic nitrogens is 2. The van der Waals surface area contributed by atoms with Crippen LogP contribution in [0, 0.1) is 0 Å². The van der Waals surface area contributed by atoms with Gasteiger partial charge in [0.1, 0.15) is 0 Å². The van der Waals surface area contributed by atoms with Crippen LogP contribution in [0.4, 0.5) is 0 Å². The monoisotopic (exact) mass is 278 g/mol. The summed E-state index contributed by atoms with van der Waals surface area (Å²) in [5, 5.41) is 4.97. The second-order valence-corrected chi connectivity index (χ2v) is 4.59. The van der Waals surface area contributed by atoms with Crippen LogP contribution in [0.15, 0.2) is 30.3 Å². The maximum absolute atomic E-state index is 11.5. The molecule has 0 fully saturated rings. The van der Waals surface area contributed by atoms with Gasteiger partial charge in [-0.2, -0.15) is 5.10 Å². The standard InChI is InChI=1S/C14H15ClN2O2/c1-3-4-12-9-13(14(18)19-2)16-17(12)11-7-5-10(15)6-8-11/h5-9H,3-4H2,1-2H3. The van der Waals surface area contributed by atoms with Crippen LogP contribution < -0.4 is 0 Å². The Labute approximate surface area is 116 Å². The molecule has 0 radical (unpaired) electrons. The number of carbonyl (C=O) groups excluding carboxylic acids is 1. The maximum atomic E-state index is 11.5. The molecule has 0 saturated carbocycles. The van der Waals surface area contributed by atoms with Crippen molar-refractivity contribution in [2.45, 2.75) is 19.8 Å². The van der Waals surface area contributed by atoms with Crippen molar-refractivity contribution in [1.29, 1.82) is 0 Å². The highest BCUT2D eigenvalue weighted by atomic mass is 35.5. The molecule has 0 aliphatic heterocycles. The average molecular weight is 279 g/mol. The zero-order valence-electron chi connectivity index (χ0n) is 10.9. The van der Waals surface area contributed by atoms with E-state index in [4.69, 9.17) is 16.3 Å². The van der Waals surface area contributed by atoms with Crippen molar-refractivity contribution in [2.75, 3.05) is 7.11 Å². The first kappa shape index (κ1) is 13.6. The summed E-state index contributed by atoms with van der Waals surface area (Å²) in [6, 6.07) is 9.10. The van der Waals surface area contributed by atoms with Crippen LogP contribution in [0.5, 0.6) is 0 Å². The zero-order valence-corrected chi connectivity index (χ0v) is 11.6. The SMILES string of the molecule is CCCc1cc(C(=O)OC)nn1-c1ccc(Cl)cc1. The Balaban J connectivity index is 2.45. The zero-order chi connectivity index (χ0) is 13.8. The van der Waals surface area contributed by atoms with Crippen LogP contribution >= 0.6 is 11.6 Å².